The third kappa shape index (κ3) is 15.2. The van der Waals surface area contributed by atoms with E-state index in [0.717, 1.165) is 50.2 Å². The quantitative estimate of drug-likeness (QED) is 0.0749. The molecule has 2 fully saturated rings. The molecule has 4 aromatic rings. The summed E-state index contributed by atoms with van der Waals surface area (Å²) in [6.45, 7) is 8.98. The summed E-state index contributed by atoms with van der Waals surface area (Å²) in [5.74, 6) is -3.25. The second-order valence-corrected chi connectivity index (χ2v) is 19.6. The lowest BCUT2D eigenvalue weighted by Gasteiger charge is -2.33. The van der Waals surface area contributed by atoms with Crippen LogP contribution in [0.2, 0.25) is 10.0 Å². The molecule has 4 heterocycles. The summed E-state index contributed by atoms with van der Waals surface area (Å²) in [5, 5.41) is 13.5. The number of ether oxygens (including phenoxy) is 5. The average Bonchev–Trinajstić information content (AvgIpc) is 3.35. The van der Waals surface area contributed by atoms with Gasteiger partial charge >= 0.3 is 18.3 Å². The molecule has 0 radical (unpaired) electrons. The van der Waals surface area contributed by atoms with Gasteiger partial charge in [0.1, 0.15) is 40.4 Å². The van der Waals surface area contributed by atoms with Gasteiger partial charge in [-0.1, -0.05) is 23.2 Å². The van der Waals surface area contributed by atoms with Crippen molar-refractivity contribution in [1.29, 1.82) is 0 Å². The van der Waals surface area contributed by atoms with E-state index in [2.05, 4.69) is 26.6 Å². The van der Waals surface area contributed by atoms with E-state index in [1.54, 1.807) is 4.90 Å². The van der Waals surface area contributed by atoms with Crippen molar-refractivity contribution < 1.29 is 65.2 Å². The predicted molar refractivity (Wildman–Crippen MR) is 270 cm³/mol. The van der Waals surface area contributed by atoms with Crippen molar-refractivity contribution in [2.45, 2.75) is 77.0 Å². The van der Waals surface area contributed by atoms with Gasteiger partial charge in [0.15, 0.2) is 0 Å². The van der Waals surface area contributed by atoms with Gasteiger partial charge in [-0.15, -0.1) is 12.4 Å². The largest absolute Gasteiger partial charge is 0.492 e. The number of halogens is 7. The number of likely N-dealkylation sites (tertiary alicyclic amines) is 1. The summed E-state index contributed by atoms with van der Waals surface area (Å²) in [6, 6.07) is 10.8. The molecule has 74 heavy (non-hydrogen) atoms. The first-order chi connectivity index (χ1) is 34.8. The minimum Gasteiger partial charge on any atom is -0.492 e. The normalized spacial score (nSPS) is 17.4. The van der Waals surface area contributed by atoms with Crippen molar-refractivity contribution in [2.24, 2.45) is 11.8 Å². The van der Waals surface area contributed by atoms with Crippen molar-refractivity contribution in [1.82, 2.24) is 20.9 Å². The van der Waals surface area contributed by atoms with E-state index >= 15 is 0 Å². The summed E-state index contributed by atoms with van der Waals surface area (Å²) in [5.41, 5.74) is 0.217. The maximum atomic E-state index is 14.9. The summed E-state index contributed by atoms with van der Waals surface area (Å²) in [6.07, 6.45) is 2.04. The number of rotatable bonds is 10. The number of nitrogens with one attached hydrogen (secondary N) is 5. The van der Waals surface area contributed by atoms with Crippen LogP contribution in [0.5, 0.6) is 11.5 Å². The highest BCUT2D eigenvalue weighted by Crippen LogP contribution is 2.39. The third-order valence-electron chi connectivity index (χ3n) is 12.3. The number of hydrogen-bond donors (Lipinski definition) is 5. The molecule has 400 valence electrons. The van der Waals surface area contributed by atoms with Crippen molar-refractivity contribution in [3.05, 3.63) is 116 Å². The van der Waals surface area contributed by atoms with Crippen LogP contribution in [0.1, 0.15) is 103 Å². The zero-order chi connectivity index (χ0) is 52.4. The maximum absolute atomic E-state index is 14.9. The molecule has 4 aliphatic heterocycles. The average molecular weight is 1100 g/mol. The van der Waals surface area contributed by atoms with E-state index in [-0.39, 0.29) is 106 Å². The van der Waals surface area contributed by atoms with Crippen LogP contribution in [0.4, 0.5) is 43.3 Å². The van der Waals surface area contributed by atoms with Gasteiger partial charge in [0.05, 0.1) is 70.8 Å². The van der Waals surface area contributed by atoms with Crippen molar-refractivity contribution in [3.63, 3.8) is 0 Å². The van der Waals surface area contributed by atoms with E-state index in [1.165, 1.54) is 36.4 Å². The van der Waals surface area contributed by atoms with E-state index < -0.39 is 65.0 Å². The van der Waals surface area contributed by atoms with Crippen LogP contribution in [-0.2, 0) is 14.2 Å². The molecule has 0 bridgehead atoms. The lowest BCUT2D eigenvalue weighted by molar-refractivity contribution is 0.0148. The minimum atomic E-state index is -0.779. The Bertz CT molecular complexity index is 2690. The van der Waals surface area contributed by atoms with Gasteiger partial charge in [-0.25, -0.2) is 31.9 Å². The highest BCUT2D eigenvalue weighted by molar-refractivity contribution is 6.31. The van der Waals surface area contributed by atoms with Crippen LogP contribution >= 0.6 is 35.6 Å². The Morgan fingerprint density at radius 2 is 1.05 bits per heavy atom. The maximum Gasteiger partial charge on any atom is 0.410 e. The van der Waals surface area contributed by atoms with E-state index in [9.17, 15) is 41.5 Å². The molecule has 5 amide bonds. The van der Waals surface area contributed by atoms with Crippen LogP contribution in [0.15, 0.2) is 60.7 Å². The fourth-order valence-electron chi connectivity index (χ4n) is 8.56. The standard InChI is InChI=1S/C28H32ClF2N3O6.C23H24ClF2N3O4.ClH/c1-28(2,3)40-27(37)34-11-8-16(9-12-34)15-39-26(36)33-22-10-13-38-24-18(5-7-21(31)23(22)24)25(35)32-17-4-6-20(30)19(29)14-17;24-16-11-14(1-3-17(16)25)28-22(30)15-2-4-18(26)20-19(7-10-32-21(15)20)29-23(31)33-12-13-5-8-27-9-6-13;/h4-7,14,16,22H,8-13,15H2,1-3H3,(H,32,35)(H,33,36);1-4,11,13,19,27H,5-10,12H2,(H,28,30)(H,29,31);1H/t22-;19-;/m00./s1. The molecule has 23 heteroatoms. The van der Waals surface area contributed by atoms with Gasteiger partial charge < -0.3 is 55.2 Å². The number of fused-ring (bicyclic) bond motifs is 2. The lowest BCUT2D eigenvalue weighted by atomic mass is 9.96. The van der Waals surface area contributed by atoms with Crippen LogP contribution in [0, 0.1) is 35.1 Å². The van der Waals surface area contributed by atoms with Gasteiger partial charge in [-0.05, 0) is 132 Å². The van der Waals surface area contributed by atoms with Gasteiger partial charge in [0.25, 0.3) is 11.8 Å². The molecule has 4 aromatic carbocycles. The van der Waals surface area contributed by atoms with Crippen LogP contribution in [0.3, 0.4) is 0 Å². The van der Waals surface area contributed by atoms with Crippen molar-refractivity contribution >= 4 is 77.1 Å². The van der Waals surface area contributed by atoms with Gasteiger partial charge in [0, 0.05) is 37.3 Å². The Labute approximate surface area is 441 Å². The van der Waals surface area contributed by atoms with Crippen LogP contribution in [0.25, 0.3) is 0 Å². The minimum absolute atomic E-state index is 0. The molecule has 2 atom stereocenters. The number of amides is 5. The number of benzene rings is 4. The number of piperidine rings is 2. The zero-order valence-electron chi connectivity index (χ0n) is 40.7. The number of nitrogens with zero attached hydrogens (tertiary/aromatic N) is 1. The molecule has 0 unspecified atom stereocenters. The molecular formula is C51H57Cl3F4N6O10. The number of carbonyl (C=O) groups excluding carboxylic acids is 5. The first kappa shape index (κ1) is 57.1. The summed E-state index contributed by atoms with van der Waals surface area (Å²) in [7, 11) is 0. The Morgan fingerprint density at radius 3 is 1.47 bits per heavy atom. The Kier molecular flexibility index (Phi) is 19.9. The van der Waals surface area contributed by atoms with Gasteiger partial charge in [-0.3, -0.25) is 9.59 Å². The van der Waals surface area contributed by atoms with Gasteiger partial charge in [-0.2, -0.15) is 0 Å². The second kappa shape index (κ2) is 25.8. The molecule has 2 saturated heterocycles. The summed E-state index contributed by atoms with van der Waals surface area (Å²) >= 11 is 11.6. The first-order valence-corrected chi connectivity index (χ1v) is 24.6. The number of hydrogen-bond acceptors (Lipinski definition) is 11. The van der Waals surface area contributed by atoms with Crippen LogP contribution in [-0.4, -0.2) is 93.2 Å². The monoisotopic (exact) mass is 1090 g/mol. The molecule has 0 aliphatic carbocycles. The molecule has 0 spiro atoms. The number of carbonyl (C=O) groups is 5. The van der Waals surface area contributed by atoms with E-state index in [1.807, 2.05) is 20.8 Å². The Balaban J connectivity index is 0.000000242. The topological polar surface area (TPSA) is 195 Å². The van der Waals surface area contributed by atoms with Crippen LogP contribution < -0.4 is 36.1 Å². The number of alkyl carbamates (subject to hydrolysis) is 2. The highest BCUT2D eigenvalue weighted by Gasteiger charge is 2.34. The summed E-state index contributed by atoms with van der Waals surface area (Å²) < 4.78 is 83.9. The van der Waals surface area contributed by atoms with Crippen molar-refractivity contribution in [3.8, 4) is 11.5 Å². The lowest BCUT2D eigenvalue weighted by Crippen LogP contribution is -2.42. The molecule has 5 N–H and O–H groups in total. The predicted octanol–water partition coefficient (Wildman–Crippen LogP) is 10.9. The van der Waals surface area contributed by atoms with E-state index in [0.29, 0.717) is 44.9 Å². The molecular weight excluding hydrogens is 1040 g/mol. The smallest absolute Gasteiger partial charge is 0.410 e. The fourth-order valence-corrected chi connectivity index (χ4v) is 8.92. The number of anilines is 2. The Morgan fingerprint density at radius 1 is 0.635 bits per heavy atom. The zero-order valence-corrected chi connectivity index (χ0v) is 43.0. The molecule has 16 nitrogen and oxygen atoms in total. The molecule has 0 saturated carbocycles. The van der Waals surface area contributed by atoms with Crippen molar-refractivity contribution in [2.75, 3.05) is 63.2 Å². The highest BCUT2D eigenvalue weighted by atomic mass is 35.5. The third-order valence-corrected chi connectivity index (χ3v) is 12.9. The summed E-state index contributed by atoms with van der Waals surface area (Å²) in [4.78, 5) is 64.6. The SMILES string of the molecule is CC(C)(C)OC(=O)N1CCC(COC(=O)N[C@H]2CCOc3c(C(=O)Nc4ccc(F)c(Cl)c4)ccc(F)c32)CC1.Cl.O=C(N[C@H]1CCOc2c(C(=O)Nc3ccc(F)c(Cl)c3)ccc(F)c21)OCC1CCNCC1. The molecule has 0 aromatic heterocycles. The Hall–Kier alpha value is -6.22. The van der Waals surface area contributed by atoms with E-state index in [4.69, 9.17) is 46.9 Å². The first-order valence-electron chi connectivity index (χ1n) is 23.8. The van der Waals surface area contributed by atoms with Gasteiger partial charge in [0.2, 0.25) is 0 Å². The fraction of sp³-hybridized carbons (Fsp3) is 0.431. The second-order valence-electron chi connectivity index (χ2n) is 18.8. The molecule has 8 rings (SSSR count). The molecule has 4 aliphatic rings.